The molecule has 0 aliphatic rings. The van der Waals surface area contributed by atoms with Crippen molar-refractivity contribution in [3.05, 3.63) is 63.6 Å². The number of benzene rings is 2. The number of nitrogens with two attached hydrogens (primary N) is 1. The van der Waals surface area contributed by atoms with E-state index in [1.165, 1.54) is 5.56 Å². The van der Waals surface area contributed by atoms with E-state index in [1.54, 1.807) is 0 Å². The zero-order valence-corrected chi connectivity index (χ0v) is 13.5. The maximum absolute atomic E-state index is 6.32. The molecule has 0 amide bonds. The van der Waals surface area contributed by atoms with Crippen LogP contribution in [0.2, 0.25) is 0 Å². The summed E-state index contributed by atoms with van der Waals surface area (Å²) in [6.45, 7) is 4.91. The van der Waals surface area contributed by atoms with E-state index in [2.05, 4.69) is 48.0 Å². The van der Waals surface area contributed by atoms with E-state index in [-0.39, 0.29) is 6.04 Å². The van der Waals surface area contributed by atoms with Gasteiger partial charge in [-0.1, -0.05) is 47.1 Å². The van der Waals surface area contributed by atoms with Gasteiger partial charge < -0.3 is 10.5 Å². The molecule has 2 N–H and O–H groups in total. The highest BCUT2D eigenvalue weighted by Crippen LogP contribution is 2.26. The van der Waals surface area contributed by atoms with Crippen molar-refractivity contribution in [1.29, 1.82) is 0 Å². The molecular weight excluding hydrogens is 314 g/mol. The van der Waals surface area contributed by atoms with E-state index in [0.717, 1.165) is 34.4 Å². The van der Waals surface area contributed by atoms with Gasteiger partial charge in [0, 0.05) is 4.47 Å². The summed E-state index contributed by atoms with van der Waals surface area (Å²) in [6, 6.07) is 14.1. The number of halogens is 1. The van der Waals surface area contributed by atoms with Gasteiger partial charge in [0.1, 0.15) is 5.75 Å². The van der Waals surface area contributed by atoms with Gasteiger partial charge in [-0.2, -0.15) is 0 Å². The van der Waals surface area contributed by atoms with E-state index in [1.807, 2.05) is 24.3 Å². The van der Waals surface area contributed by atoms with Crippen molar-refractivity contribution in [2.45, 2.75) is 26.3 Å². The Morgan fingerprint density at radius 2 is 1.75 bits per heavy atom. The highest BCUT2D eigenvalue weighted by molar-refractivity contribution is 9.10. The van der Waals surface area contributed by atoms with Gasteiger partial charge in [0.05, 0.1) is 12.6 Å². The van der Waals surface area contributed by atoms with Crippen LogP contribution >= 0.6 is 15.9 Å². The number of ether oxygens (including phenoxy) is 1. The Hall–Kier alpha value is -1.32. The van der Waals surface area contributed by atoms with Crippen molar-refractivity contribution in [2.24, 2.45) is 5.73 Å². The van der Waals surface area contributed by atoms with E-state index in [9.17, 15) is 0 Å². The van der Waals surface area contributed by atoms with Crippen LogP contribution in [0.1, 0.15) is 36.1 Å². The molecule has 2 nitrogen and oxygen atoms in total. The van der Waals surface area contributed by atoms with Gasteiger partial charge in [-0.15, -0.1) is 0 Å². The third-order valence-electron chi connectivity index (χ3n) is 3.27. The molecule has 0 radical (unpaired) electrons. The van der Waals surface area contributed by atoms with Crippen LogP contribution in [0.4, 0.5) is 0 Å². The summed E-state index contributed by atoms with van der Waals surface area (Å²) in [5.74, 6) is 0.896. The molecule has 1 unspecified atom stereocenters. The molecule has 0 aromatic heterocycles. The normalized spacial score (nSPS) is 12.2. The number of aryl methyl sites for hydroxylation is 1. The van der Waals surface area contributed by atoms with Gasteiger partial charge in [0.25, 0.3) is 0 Å². The molecular formula is C17H20BrNO. The molecule has 0 saturated carbocycles. The SMILES string of the molecule is CCCOc1ccc(C(N)c2ccc(C)c(Br)c2)cc1. The van der Waals surface area contributed by atoms with Crippen LogP contribution in [0, 0.1) is 6.92 Å². The standard InChI is InChI=1S/C17H20BrNO/c1-3-10-20-15-8-6-13(7-9-15)17(19)14-5-4-12(2)16(18)11-14/h4-9,11,17H,3,10,19H2,1-2H3. The van der Waals surface area contributed by atoms with Crippen molar-refractivity contribution in [2.75, 3.05) is 6.61 Å². The Morgan fingerprint density at radius 3 is 2.35 bits per heavy atom. The quantitative estimate of drug-likeness (QED) is 0.868. The smallest absolute Gasteiger partial charge is 0.119 e. The van der Waals surface area contributed by atoms with Gasteiger partial charge >= 0.3 is 0 Å². The Labute approximate surface area is 129 Å². The fraction of sp³-hybridized carbons (Fsp3) is 0.294. The van der Waals surface area contributed by atoms with Gasteiger partial charge in [-0.05, 0) is 48.2 Å². The summed E-state index contributed by atoms with van der Waals surface area (Å²) >= 11 is 3.55. The minimum Gasteiger partial charge on any atom is -0.494 e. The molecule has 2 aromatic rings. The Morgan fingerprint density at radius 1 is 1.10 bits per heavy atom. The molecule has 0 aliphatic heterocycles. The van der Waals surface area contributed by atoms with Gasteiger partial charge in [0.2, 0.25) is 0 Å². The summed E-state index contributed by atoms with van der Waals surface area (Å²) in [7, 11) is 0. The molecule has 2 rings (SSSR count). The van der Waals surface area contributed by atoms with Crippen LogP contribution in [0.5, 0.6) is 5.75 Å². The first kappa shape index (κ1) is 15.1. The van der Waals surface area contributed by atoms with Crippen LogP contribution in [0.3, 0.4) is 0 Å². The molecule has 0 fully saturated rings. The fourth-order valence-electron chi connectivity index (χ4n) is 1.99. The zero-order valence-electron chi connectivity index (χ0n) is 11.9. The van der Waals surface area contributed by atoms with Crippen LogP contribution in [-0.4, -0.2) is 6.61 Å². The first-order valence-corrected chi connectivity index (χ1v) is 7.65. The topological polar surface area (TPSA) is 35.2 Å². The Balaban J connectivity index is 2.15. The summed E-state index contributed by atoms with van der Waals surface area (Å²) in [5, 5.41) is 0. The van der Waals surface area contributed by atoms with Crippen molar-refractivity contribution in [1.82, 2.24) is 0 Å². The average molecular weight is 334 g/mol. The summed E-state index contributed by atoms with van der Waals surface area (Å²) in [6.07, 6.45) is 1.01. The largest absolute Gasteiger partial charge is 0.494 e. The highest BCUT2D eigenvalue weighted by atomic mass is 79.9. The van der Waals surface area contributed by atoms with Crippen LogP contribution in [0.25, 0.3) is 0 Å². The molecule has 106 valence electrons. The van der Waals surface area contributed by atoms with Gasteiger partial charge in [0.15, 0.2) is 0 Å². The van der Waals surface area contributed by atoms with Gasteiger partial charge in [-0.3, -0.25) is 0 Å². The average Bonchev–Trinajstić information content (AvgIpc) is 2.48. The molecule has 0 aliphatic carbocycles. The second-order valence-electron chi connectivity index (χ2n) is 4.90. The summed E-state index contributed by atoms with van der Waals surface area (Å²) in [4.78, 5) is 0. The number of rotatable bonds is 5. The van der Waals surface area contributed by atoms with Crippen molar-refractivity contribution >= 4 is 15.9 Å². The maximum Gasteiger partial charge on any atom is 0.119 e. The molecule has 0 spiro atoms. The van der Waals surface area contributed by atoms with E-state index < -0.39 is 0 Å². The predicted molar refractivity (Wildman–Crippen MR) is 87.1 cm³/mol. The number of hydrogen-bond donors (Lipinski definition) is 1. The molecule has 0 saturated heterocycles. The monoisotopic (exact) mass is 333 g/mol. The molecule has 1 atom stereocenters. The predicted octanol–water partition coefficient (Wildman–Crippen LogP) is 4.59. The molecule has 0 heterocycles. The van der Waals surface area contributed by atoms with Crippen LogP contribution < -0.4 is 10.5 Å². The molecule has 2 aromatic carbocycles. The van der Waals surface area contributed by atoms with E-state index >= 15 is 0 Å². The van der Waals surface area contributed by atoms with Crippen LogP contribution in [-0.2, 0) is 0 Å². The lowest BCUT2D eigenvalue weighted by Crippen LogP contribution is -2.11. The van der Waals surface area contributed by atoms with E-state index in [0.29, 0.717) is 0 Å². The molecule has 20 heavy (non-hydrogen) atoms. The van der Waals surface area contributed by atoms with E-state index in [4.69, 9.17) is 10.5 Å². The highest BCUT2D eigenvalue weighted by Gasteiger charge is 2.10. The summed E-state index contributed by atoms with van der Waals surface area (Å²) in [5.41, 5.74) is 9.73. The third-order valence-corrected chi connectivity index (χ3v) is 4.12. The lowest BCUT2D eigenvalue weighted by Gasteiger charge is -2.14. The lowest BCUT2D eigenvalue weighted by atomic mass is 9.99. The fourth-order valence-corrected chi connectivity index (χ4v) is 2.38. The Bertz CT molecular complexity index is 566. The van der Waals surface area contributed by atoms with Crippen LogP contribution in [0.15, 0.2) is 46.9 Å². The first-order valence-electron chi connectivity index (χ1n) is 6.86. The maximum atomic E-state index is 6.32. The lowest BCUT2D eigenvalue weighted by molar-refractivity contribution is 0.317. The second kappa shape index (κ2) is 6.91. The minimum atomic E-state index is -0.118. The zero-order chi connectivity index (χ0) is 14.5. The Kier molecular flexibility index (Phi) is 5.21. The number of hydrogen-bond acceptors (Lipinski definition) is 2. The van der Waals surface area contributed by atoms with Crippen molar-refractivity contribution in [3.8, 4) is 5.75 Å². The first-order chi connectivity index (χ1) is 9.61. The van der Waals surface area contributed by atoms with Gasteiger partial charge in [-0.25, -0.2) is 0 Å². The minimum absolute atomic E-state index is 0.118. The van der Waals surface area contributed by atoms with Crippen molar-refractivity contribution in [3.63, 3.8) is 0 Å². The molecule has 3 heteroatoms. The molecule has 0 bridgehead atoms. The second-order valence-corrected chi connectivity index (χ2v) is 5.76. The third kappa shape index (κ3) is 3.62. The summed E-state index contributed by atoms with van der Waals surface area (Å²) < 4.78 is 6.67. The van der Waals surface area contributed by atoms with Crippen molar-refractivity contribution < 1.29 is 4.74 Å².